The molecule has 9 nitrogen and oxygen atoms in total. The number of nitrogens with one attached hydrogen (secondary N) is 2. The molecular formula is C34H36N2O7S. The fraction of sp³-hybridized carbons (Fsp3) is 0.265. The van der Waals surface area contributed by atoms with Gasteiger partial charge in [-0.1, -0.05) is 43.3 Å². The second-order valence-electron chi connectivity index (χ2n) is 11.0. The van der Waals surface area contributed by atoms with E-state index in [2.05, 4.69) is 10.0 Å². The third kappa shape index (κ3) is 7.21. The molecule has 4 aromatic rings. The molecule has 0 radical (unpaired) electrons. The molecule has 0 bridgehead atoms. The van der Waals surface area contributed by atoms with Crippen molar-refractivity contribution in [3.8, 4) is 17.2 Å². The predicted molar refractivity (Wildman–Crippen MR) is 168 cm³/mol. The summed E-state index contributed by atoms with van der Waals surface area (Å²) in [6.45, 7) is 6.02. The van der Waals surface area contributed by atoms with Crippen molar-refractivity contribution < 1.29 is 32.5 Å². The van der Waals surface area contributed by atoms with Gasteiger partial charge >= 0.3 is 0 Å². The molecule has 0 saturated carbocycles. The second kappa shape index (κ2) is 13.1. The van der Waals surface area contributed by atoms with Gasteiger partial charge in [-0.3, -0.25) is 4.79 Å². The fourth-order valence-corrected chi connectivity index (χ4v) is 6.13. The van der Waals surface area contributed by atoms with E-state index < -0.39 is 33.7 Å². The molecule has 0 aliphatic carbocycles. The normalized spacial score (nSPS) is 17.2. The molecule has 1 aliphatic rings. The van der Waals surface area contributed by atoms with Crippen LogP contribution in [0.15, 0.2) is 102 Å². The van der Waals surface area contributed by atoms with Crippen LogP contribution in [0.5, 0.6) is 17.2 Å². The largest absolute Gasteiger partial charge is 0.490 e. The number of hydrogen-bond donors (Lipinski definition) is 3. The highest BCUT2D eigenvalue weighted by molar-refractivity contribution is 7.89. The molecule has 1 heterocycles. The first kappa shape index (κ1) is 31.1. The fourth-order valence-electron chi connectivity index (χ4n) is 4.91. The number of hydrogen-bond acceptors (Lipinski definition) is 7. The summed E-state index contributed by atoms with van der Waals surface area (Å²) in [7, 11) is -4.01. The first-order valence-electron chi connectivity index (χ1n) is 14.4. The lowest BCUT2D eigenvalue weighted by Crippen LogP contribution is -2.53. The Morgan fingerprint density at radius 3 is 2.27 bits per heavy atom. The standard InChI is InChI=1S/C34H36N2O7S/c1-4-23-13-16-28(17-14-23)44(39,40)36-31-29-21-24(15-18-30(29)43-34(2,3)32(31)37)33(38)35-25-9-8-12-27(22-25)42-20-19-41-26-10-6-5-7-11-26/h5-18,21-22,31-32,36-37H,4,19-20H2,1-3H3,(H,35,38)/t31-,32+/m1/s1. The van der Waals surface area contributed by atoms with Crippen LogP contribution in [0.3, 0.4) is 0 Å². The molecule has 2 atom stereocenters. The van der Waals surface area contributed by atoms with Gasteiger partial charge < -0.3 is 24.6 Å². The van der Waals surface area contributed by atoms with Crippen LogP contribution in [0.4, 0.5) is 5.69 Å². The number of rotatable bonds is 11. The average molecular weight is 617 g/mol. The lowest BCUT2D eigenvalue weighted by Gasteiger charge is -2.42. The van der Waals surface area contributed by atoms with E-state index in [0.717, 1.165) is 17.7 Å². The summed E-state index contributed by atoms with van der Waals surface area (Å²) in [6.07, 6.45) is -0.461. The zero-order chi connectivity index (χ0) is 31.3. The lowest BCUT2D eigenvalue weighted by molar-refractivity contribution is -0.0603. The first-order chi connectivity index (χ1) is 21.1. The molecule has 1 aliphatic heterocycles. The van der Waals surface area contributed by atoms with Crippen LogP contribution in [0.25, 0.3) is 0 Å². The van der Waals surface area contributed by atoms with Crippen LogP contribution in [0.2, 0.25) is 0 Å². The molecule has 0 saturated heterocycles. The summed E-state index contributed by atoms with van der Waals surface area (Å²) in [4.78, 5) is 13.4. The molecule has 10 heteroatoms. The number of aliphatic hydroxyl groups excluding tert-OH is 1. The molecule has 0 unspecified atom stereocenters. The van der Waals surface area contributed by atoms with Gasteiger partial charge in [0.1, 0.15) is 42.2 Å². The van der Waals surface area contributed by atoms with Gasteiger partial charge in [0.05, 0.1) is 10.9 Å². The van der Waals surface area contributed by atoms with Crippen molar-refractivity contribution in [1.29, 1.82) is 0 Å². The summed E-state index contributed by atoms with van der Waals surface area (Å²) in [5.41, 5.74) is 1.04. The maximum atomic E-state index is 13.4. The van der Waals surface area contributed by atoms with E-state index >= 15 is 0 Å². The Labute approximate surface area is 257 Å². The molecule has 0 fully saturated rings. The molecule has 4 aromatic carbocycles. The number of fused-ring (bicyclic) bond motifs is 1. The molecule has 230 valence electrons. The van der Waals surface area contributed by atoms with Gasteiger partial charge in [0.15, 0.2) is 0 Å². The zero-order valence-corrected chi connectivity index (χ0v) is 25.6. The van der Waals surface area contributed by atoms with Crippen molar-refractivity contribution in [3.63, 3.8) is 0 Å². The minimum absolute atomic E-state index is 0.0791. The van der Waals surface area contributed by atoms with Crippen LogP contribution in [-0.2, 0) is 16.4 Å². The lowest BCUT2D eigenvalue weighted by atomic mass is 9.86. The van der Waals surface area contributed by atoms with E-state index in [9.17, 15) is 18.3 Å². The summed E-state index contributed by atoms with van der Waals surface area (Å²) in [5, 5.41) is 14.1. The van der Waals surface area contributed by atoms with Crippen molar-refractivity contribution in [1.82, 2.24) is 4.72 Å². The Bertz CT molecular complexity index is 1710. The van der Waals surface area contributed by atoms with Gasteiger partial charge in [-0.2, -0.15) is 0 Å². The minimum Gasteiger partial charge on any atom is -0.490 e. The van der Waals surface area contributed by atoms with Gasteiger partial charge in [0.2, 0.25) is 10.0 Å². The monoisotopic (exact) mass is 616 g/mol. The number of aliphatic hydroxyl groups is 1. The number of aryl methyl sites for hydroxylation is 1. The Morgan fingerprint density at radius 1 is 0.886 bits per heavy atom. The van der Waals surface area contributed by atoms with E-state index in [4.69, 9.17) is 14.2 Å². The van der Waals surface area contributed by atoms with Gasteiger partial charge in [0, 0.05) is 22.9 Å². The molecule has 3 N–H and O–H groups in total. The highest BCUT2D eigenvalue weighted by Gasteiger charge is 2.44. The first-order valence-corrected chi connectivity index (χ1v) is 15.9. The Kier molecular flexibility index (Phi) is 9.24. The topological polar surface area (TPSA) is 123 Å². The molecular weight excluding hydrogens is 580 g/mol. The number of benzene rings is 4. The van der Waals surface area contributed by atoms with Crippen LogP contribution >= 0.6 is 0 Å². The van der Waals surface area contributed by atoms with E-state index in [1.165, 1.54) is 18.2 Å². The van der Waals surface area contributed by atoms with Crippen molar-refractivity contribution in [2.75, 3.05) is 18.5 Å². The third-order valence-electron chi connectivity index (χ3n) is 7.39. The highest BCUT2D eigenvalue weighted by Crippen LogP contribution is 2.41. The zero-order valence-electron chi connectivity index (χ0n) is 24.8. The molecule has 0 aromatic heterocycles. The number of carbonyl (C=O) groups is 1. The molecule has 1 amide bonds. The number of para-hydroxylation sites is 1. The minimum atomic E-state index is -4.01. The van der Waals surface area contributed by atoms with Crippen molar-refractivity contribution >= 4 is 21.6 Å². The van der Waals surface area contributed by atoms with Gasteiger partial charge in [-0.25, -0.2) is 13.1 Å². The highest BCUT2D eigenvalue weighted by atomic mass is 32.2. The van der Waals surface area contributed by atoms with E-state index in [-0.39, 0.29) is 10.5 Å². The summed E-state index contributed by atoms with van der Waals surface area (Å²) < 4.78 is 46.8. The van der Waals surface area contributed by atoms with E-state index in [1.54, 1.807) is 62.4 Å². The number of carbonyl (C=O) groups excluding carboxylic acids is 1. The van der Waals surface area contributed by atoms with Crippen LogP contribution < -0.4 is 24.2 Å². The molecule has 0 spiro atoms. The van der Waals surface area contributed by atoms with Crippen LogP contribution in [-0.4, -0.2) is 44.4 Å². The van der Waals surface area contributed by atoms with Gasteiger partial charge in [-0.05, 0) is 80.4 Å². The summed E-state index contributed by atoms with van der Waals surface area (Å²) in [6, 6.07) is 26.7. The Morgan fingerprint density at radius 2 is 1.57 bits per heavy atom. The van der Waals surface area contributed by atoms with Crippen molar-refractivity contribution in [2.24, 2.45) is 0 Å². The molecule has 44 heavy (non-hydrogen) atoms. The number of anilines is 1. The van der Waals surface area contributed by atoms with E-state index in [0.29, 0.717) is 36.0 Å². The maximum Gasteiger partial charge on any atom is 0.255 e. The number of amides is 1. The van der Waals surface area contributed by atoms with Crippen LogP contribution in [0, 0.1) is 0 Å². The number of sulfonamides is 1. The maximum absolute atomic E-state index is 13.4. The van der Waals surface area contributed by atoms with Gasteiger partial charge in [0.25, 0.3) is 5.91 Å². The average Bonchev–Trinajstić information content (AvgIpc) is 3.02. The van der Waals surface area contributed by atoms with Crippen molar-refractivity contribution in [3.05, 3.63) is 114 Å². The smallest absolute Gasteiger partial charge is 0.255 e. The van der Waals surface area contributed by atoms with E-state index in [1.807, 2.05) is 37.3 Å². The van der Waals surface area contributed by atoms with Crippen molar-refractivity contribution in [2.45, 2.75) is 49.8 Å². The quantitative estimate of drug-likeness (QED) is 0.190. The van der Waals surface area contributed by atoms with Crippen LogP contribution in [0.1, 0.15) is 48.3 Å². The summed E-state index contributed by atoms with van der Waals surface area (Å²) >= 11 is 0. The SMILES string of the molecule is CCc1ccc(S(=O)(=O)N[C@@H]2c3cc(C(=O)Nc4cccc(OCCOc5ccccc5)c4)ccc3OC(C)(C)[C@H]2O)cc1. The predicted octanol–water partition coefficient (Wildman–Crippen LogP) is 5.51. The van der Waals surface area contributed by atoms with Gasteiger partial charge in [-0.15, -0.1) is 0 Å². The molecule has 5 rings (SSSR count). The Balaban J connectivity index is 1.30. The second-order valence-corrected chi connectivity index (χ2v) is 12.7. The summed E-state index contributed by atoms with van der Waals surface area (Å²) in [5.74, 6) is 1.27. The third-order valence-corrected chi connectivity index (χ3v) is 8.84. The number of ether oxygens (including phenoxy) is 3. The Hall–Kier alpha value is -4.38.